The van der Waals surface area contributed by atoms with Gasteiger partial charge in [-0.2, -0.15) is 0 Å². The molecule has 3 fully saturated rings. The largest absolute Gasteiger partial charge is 0.483 e. The number of hydrogen-bond acceptors (Lipinski definition) is 7. The average molecular weight is 585 g/mol. The van der Waals surface area contributed by atoms with Crippen LogP contribution in [0.5, 0.6) is 0 Å². The Bertz CT molecular complexity index is 1470. The van der Waals surface area contributed by atoms with Crippen molar-refractivity contribution in [1.82, 2.24) is 15.2 Å². The second kappa shape index (κ2) is 10.7. The van der Waals surface area contributed by atoms with E-state index in [9.17, 15) is 14.0 Å². The summed E-state index contributed by atoms with van der Waals surface area (Å²) < 4.78 is 14.8. The number of anilines is 1. The van der Waals surface area contributed by atoms with Gasteiger partial charge in [-0.15, -0.1) is 11.3 Å². The van der Waals surface area contributed by atoms with Gasteiger partial charge in [0.05, 0.1) is 16.8 Å². The summed E-state index contributed by atoms with van der Waals surface area (Å²) in [6, 6.07) is 8.50. The highest BCUT2D eigenvalue weighted by Gasteiger charge is 2.50. The van der Waals surface area contributed by atoms with E-state index in [1.807, 2.05) is 18.3 Å². The molecule has 40 heavy (non-hydrogen) atoms. The number of alkyl halides is 1. The first-order valence-corrected chi connectivity index (χ1v) is 14.8. The van der Waals surface area contributed by atoms with Crippen molar-refractivity contribution in [2.24, 2.45) is 0 Å². The predicted octanol–water partition coefficient (Wildman–Crippen LogP) is 4.95. The van der Waals surface area contributed by atoms with E-state index in [1.54, 1.807) is 11.3 Å². The van der Waals surface area contributed by atoms with Crippen LogP contribution in [0.25, 0.3) is 21.3 Å². The van der Waals surface area contributed by atoms with Crippen molar-refractivity contribution in [2.45, 2.75) is 69.2 Å². The van der Waals surface area contributed by atoms with Crippen LogP contribution in [0.2, 0.25) is 5.02 Å². The summed E-state index contributed by atoms with van der Waals surface area (Å²) in [4.78, 5) is 42.2. The number of pyridine rings is 1. The van der Waals surface area contributed by atoms with Crippen LogP contribution in [0.4, 0.5) is 10.1 Å². The molecule has 2 aromatic heterocycles. The van der Waals surface area contributed by atoms with Gasteiger partial charge >= 0.3 is 0 Å². The molecule has 1 aliphatic carbocycles. The van der Waals surface area contributed by atoms with Gasteiger partial charge in [-0.1, -0.05) is 11.6 Å². The number of halogens is 2. The average Bonchev–Trinajstić information content (AvgIpc) is 3.62. The zero-order valence-corrected chi connectivity index (χ0v) is 23.4. The first-order chi connectivity index (χ1) is 19.3. The van der Waals surface area contributed by atoms with Gasteiger partial charge in [0.25, 0.3) is 6.47 Å². The summed E-state index contributed by atoms with van der Waals surface area (Å²) >= 11 is 8.26. The van der Waals surface area contributed by atoms with Crippen LogP contribution in [0.15, 0.2) is 30.5 Å². The van der Waals surface area contributed by atoms with E-state index in [-0.39, 0.29) is 23.8 Å². The van der Waals surface area contributed by atoms with Gasteiger partial charge in [-0.25, -0.2) is 4.39 Å². The fourth-order valence-corrected chi connectivity index (χ4v) is 8.16. The van der Waals surface area contributed by atoms with Gasteiger partial charge in [0.1, 0.15) is 6.17 Å². The van der Waals surface area contributed by atoms with E-state index in [0.717, 1.165) is 58.6 Å². The maximum absolute atomic E-state index is 13.8. The smallest absolute Gasteiger partial charge is 0.290 e. The van der Waals surface area contributed by atoms with Crippen LogP contribution in [-0.2, 0) is 27.3 Å². The number of aromatic nitrogens is 1. The van der Waals surface area contributed by atoms with Crippen molar-refractivity contribution in [3.05, 3.63) is 45.9 Å². The lowest BCUT2D eigenvalue weighted by Gasteiger charge is -2.43. The van der Waals surface area contributed by atoms with Crippen molar-refractivity contribution in [3.63, 3.8) is 0 Å². The number of carbonyl (C=O) groups excluding carboxylic acids is 2. The third kappa shape index (κ3) is 4.86. The molecule has 1 aromatic carbocycles. The molecule has 8 nitrogen and oxygen atoms in total. The molecule has 3 aliphatic heterocycles. The monoisotopic (exact) mass is 584 g/mol. The van der Waals surface area contributed by atoms with Gasteiger partial charge in [0.2, 0.25) is 11.8 Å². The lowest BCUT2D eigenvalue weighted by molar-refractivity contribution is -0.139. The van der Waals surface area contributed by atoms with Crippen molar-refractivity contribution in [2.75, 3.05) is 18.0 Å². The van der Waals surface area contributed by atoms with E-state index in [1.165, 1.54) is 16.2 Å². The first kappa shape index (κ1) is 27.1. The Hall–Kier alpha value is -3.08. The van der Waals surface area contributed by atoms with Crippen molar-refractivity contribution in [3.8, 4) is 11.1 Å². The topological polar surface area (TPSA) is 103 Å². The third-order valence-corrected chi connectivity index (χ3v) is 9.87. The van der Waals surface area contributed by atoms with Crippen LogP contribution in [0.3, 0.4) is 0 Å². The number of thiophene rings is 1. The number of fused-ring (bicyclic) bond motifs is 2. The third-order valence-electron chi connectivity index (χ3n) is 8.51. The predicted molar refractivity (Wildman–Crippen MR) is 152 cm³/mol. The van der Waals surface area contributed by atoms with Crippen LogP contribution >= 0.6 is 22.9 Å². The number of benzene rings is 1. The van der Waals surface area contributed by atoms with Gasteiger partial charge < -0.3 is 15.3 Å². The molecule has 210 valence electrons. The second-order valence-corrected chi connectivity index (χ2v) is 12.6. The number of carbonyl (C=O) groups is 3. The van der Waals surface area contributed by atoms with E-state index in [2.05, 4.69) is 27.3 Å². The zero-order valence-electron chi connectivity index (χ0n) is 21.9. The maximum Gasteiger partial charge on any atom is 0.290 e. The van der Waals surface area contributed by atoms with Crippen molar-refractivity contribution >= 4 is 57.1 Å². The minimum absolute atomic E-state index is 0.0503. The van der Waals surface area contributed by atoms with Crippen LogP contribution in [0, 0.1) is 0 Å². The summed E-state index contributed by atoms with van der Waals surface area (Å²) in [5.41, 5.74) is 5.45. The summed E-state index contributed by atoms with van der Waals surface area (Å²) in [7, 11) is 0. The molecule has 0 radical (unpaired) electrons. The number of hydrogen-bond donors (Lipinski definition) is 2. The number of carboxylic acid groups (broad SMARTS) is 1. The summed E-state index contributed by atoms with van der Waals surface area (Å²) in [5.74, 6) is -0.215. The Morgan fingerprint density at radius 3 is 2.62 bits per heavy atom. The zero-order chi connectivity index (χ0) is 28.0. The standard InChI is InChI=1S/C28H28ClFN4O2S.CH2O2/c29-17-8-16-2-1-7-33(19-13-28(32-14-19)11-18(30)12-28)26(16)22(9-17)21-5-6-31-23-10-20(37-27(21)23)15-34-24(35)3-4-25(34)36;2-1-3/h5-6,8-10,18-19,32H,1-4,7,11-15H2;1H,(H,2,3). The number of aryl methyl sites for hydroxylation is 1. The molecule has 1 atom stereocenters. The van der Waals surface area contributed by atoms with Gasteiger partial charge in [0.15, 0.2) is 0 Å². The normalized spacial score (nSPS) is 25.6. The lowest BCUT2D eigenvalue weighted by Crippen LogP contribution is -2.52. The number of rotatable bonds is 4. The van der Waals surface area contributed by atoms with E-state index < -0.39 is 6.17 Å². The quantitative estimate of drug-likeness (QED) is 0.330. The van der Waals surface area contributed by atoms with Crippen molar-refractivity contribution < 1.29 is 23.9 Å². The number of amides is 2. The molecule has 2 N–H and O–H groups in total. The molecule has 1 spiro atoms. The fourth-order valence-electron chi connectivity index (χ4n) is 6.79. The number of likely N-dealkylation sites (tertiary alicyclic amines) is 1. The van der Waals surface area contributed by atoms with E-state index in [4.69, 9.17) is 21.5 Å². The second-order valence-electron chi connectivity index (χ2n) is 11.0. The Morgan fingerprint density at radius 1 is 1.15 bits per heavy atom. The molecule has 11 heteroatoms. The molecule has 4 aliphatic rings. The van der Waals surface area contributed by atoms with Gasteiger partial charge in [-0.3, -0.25) is 24.3 Å². The SMILES string of the molecule is O=C1CCC(=O)N1Cc1cc2nccc(-c3cc(Cl)cc4c3N(C3CNC5(CC(F)C5)C3)CCC4)c2s1.O=CO. The molecule has 1 unspecified atom stereocenters. The maximum atomic E-state index is 13.8. The highest BCUT2D eigenvalue weighted by molar-refractivity contribution is 7.19. The van der Waals surface area contributed by atoms with Crippen LogP contribution in [-0.4, -0.2) is 64.1 Å². The highest BCUT2D eigenvalue weighted by Crippen LogP contribution is 2.48. The molecule has 2 amide bonds. The Balaban J connectivity index is 0.000000925. The molecular formula is C29H30ClFN4O4S. The summed E-state index contributed by atoms with van der Waals surface area (Å²) in [6.45, 7) is 1.87. The molecule has 3 aromatic rings. The number of imide groups is 1. The van der Waals surface area contributed by atoms with Crippen LogP contribution in [0.1, 0.15) is 49.0 Å². The number of nitrogens with zero attached hydrogens (tertiary/aromatic N) is 3. The van der Waals surface area contributed by atoms with E-state index >= 15 is 0 Å². The summed E-state index contributed by atoms with van der Waals surface area (Å²) in [6.07, 6.45) is 5.95. The Morgan fingerprint density at radius 2 is 1.90 bits per heavy atom. The first-order valence-electron chi connectivity index (χ1n) is 13.6. The molecular weight excluding hydrogens is 555 g/mol. The molecule has 5 heterocycles. The van der Waals surface area contributed by atoms with Crippen LogP contribution < -0.4 is 10.2 Å². The highest BCUT2D eigenvalue weighted by atomic mass is 35.5. The molecule has 7 rings (SSSR count). The summed E-state index contributed by atoms with van der Waals surface area (Å²) in [5, 5.41) is 11.3. The minimum atomic E-state index is -0.682. The molecule has 1 saturated carbocycles. The van der Waals surface area contributed by atoms with Gasteiger partial charge in [-0.05, 0) is 61.9 Å². The van der Waals surface area contributed by atoms with E-state index in [0.29, 0.717) is 43.3 Å². The minimum Gasteiger partial charge on any atom is -0.483 e. The number of nitrogens with one attached hydrogen (secondary N) is 1. The molecule has 0 bridgehead atoms. The van der Waals surface area contributed by atoms with Crippen molar-refractivity contribution in [1.29, 1.82) is 0 Å². The van der Waals surface area contributed by atoms with Gasteiger partial charge in [0, 0.05) is 70.4 Å². The lowest BCUT2D eigenvalue weighted by atomic mass is 9.73. The fraction of sp³-hybridized carbons (Fsp3) is 0.448. The Kier molecular flexibility index (Phi) is 7.27. The Labute approximate surface area is 240 Å². The molecule has 2 saturated heterocycles.